The van der Waals surface area contributed by atoms with Crippen molar-refractivity contribution in [2.24, 2.45) is 5.73 Å². The highest BCUT2D eigenvalue weighted by molar-refractivity contribution is 5.27. The molecule has 0 aliphatic heterocycles. The van der Waals surface area contributed by atoms with Gasteiger partial charge in [0.15, 0.2) is 5.89 Å². The Morgan fingerprint density at radius 3 is 2.71 bits per heavy atom. The van der Waals surface area contributed by atoms with Crippen LogP contribution in [0, 0.1) is 0 Å². The van der Waals surface area contributed by atoms with E-state index < -0.39 is 0 Å². The van der Waals surface area contributed by atoms with Crippen molar-refractivity contribution in [2.75, 3.05) is 6.54 Å². The molecule has 0 saturated carbocycles. The number of aromatic nitrogens is 1. The number of benzene rings is 1. The second-order valence-electron chi connectivity index (χ2n) is 4.15. The molecule has 0 aliphatic rings. The van der Waals surface area contributed by atoms with Crippen LogP contribution in [0.4, 0.5) is 0 Å². The van der Waals surface area contributed by atoms with E-state index in [1.54, 1.807) is 18.4 Å². The number of oxazole rings is 1. The molecule has 0 fully saturated rings. The molecule has 1 unspecified atom stereocenters. The van der Waals surface area contributed by atoms with Gasteiger partial charge in [-0.25, -0.2) is 4.98 Å². The maximum atomic E-state index is 9.18. The molecule has 0 aliphatic carbocycles. The predicted octanol–water partition coefficient (Wildman–Crippen LogP) is 2.03. The van der Waals surface area contributed by atoms with Crippen LogP contribution in [0.5, 0.6) is 5.75 Å². The van der Waals surface area contributed by atoms with Gasteiger partial charge in [0.1, 0.15) is 12.0 Å². The SMILES string of the molecule is CC(CN)c1coc(Cc2ccc(O)cc2)n1. The molecule has 4 heteroatoms. The summed E-state index contributed by atoms with van der Waals surface area (Å²) in [4.78, 5) is 4.39. The third-order valence-corrected chi connectivity index (χ3v) is 2.72. The lowest BCUT2D eigenvalue weighted by molar-refractivity contribution is 0.474. The first-order valence-electron chi connectivity index (χ1n) is 5.61. The Morgan fingerprint density at radius 1 is 1.35 bits per heavy atom. The molecule has 3 N–H and O–H groups in total. The van der Waals surface area contributed by atoms with Crippen LogP contribution >= 0.6 is 0 Å². The van der Waals surface area contributed by atoms with Gasteiger partial charge in [0.2, 0.25) is 0 Å². The quantitative estimate of drug-likeness (QED) is 0.846. The summed E-state index contributed by atoms with van der Waals surface area (Å²) >= 11 is 0. The summed E-state index contributed by atoms with van der Waals surface area (Å²) in [7, 11) is 0. The Morgan fingerprint density at radius 2 is 2.06 bits per heavy atom. The largest absolute Gasteiger partial charge is 0.508 e. The van der Waals surface area contributed by atoms with Crippen molar-refractivity contribution in [3.05, 3.63) is 47.7 Å². The molecule has 0 amide bonds. The van der Waals surface area contributed by atoms with Crippen LogP contribution in [-0.4, -0.2) is 16.6 Å². The number of aromatic hydroxyl groups is 1. The van der Waals surface area contributed by atoms with Gasteiger partial charge in [0.05, 0.1) is 5.69 Å². The zero-order chi connectivity index (χ0) is 12.3. The monoisotopic (exact) mass is 232 g/mol. The van der Waals surface area contributed by atoms with Crippen LogP contribution in [0.1, 0.15) is 30.0 Å². The van der Waals surface area contributed by atoms with Crippen LogP contribution in [0.25, 0.3) is 0 Å². The molecule has 0 radical (unpaired) electrons. The fourth-order valence-electron chi connectivity index (χ4n) is 1.54. The van der Waals surface area contributed by atoms with Gasteiger partial charge in [0.25, 0.3) is 0 Å². The molecule has 1 aromatic carbocycles. The summed E-state index contributed by atoms with van der Waals surface area (Å²) in [5.41, 5.74) is 7.52. The predicted molar refractivity (Wildman–Crippen MR) is 64.9 cm³/mol. The Balaban J connectivity index is 2.08. The molecule has 0 spiro atoms. The van der Waals surface area contributed by atoms with Crippen molar-refractivity contribution >= 4 is 0 Å². The van der Waals surface area contributed by atoms with Crippen molar-refractivity contribution in [1.29, 1.82) is 0 Å². The minimum absolute atomic E-state index is 0.215. The Bertz CT molecular complexity index is 476. The maximum absolute atomic E-state index is 9.18. The molecule has 4 nitrogen and oxygen atoms in total. The van der Waals surface area contributed by atoms with Crippen molar-refractivity contribution in [3.63, 3.8) is 0 Å². The molecule has 17 heavy (non-hydrogen) atoms. The molecular weight excluding hydrogens is 216 g/mol. The minimum atomic E-state index is 0.215. The molecule has 0 bridgehead atoms. The van der Waals surface area contributed by atoms with E-state index in [1.807, 2.05) is 19.1 Å². The van der Waals surface area contributed by atoms with E-state index in [1.165, 1.54) is 0 Å². The minimum Gasteiger partial charge on any atom is -0.508 e. The highest BCUT2D eigenvalue weighted by Crippen LogP contribution is 2.17. The van der Waals surface area contributed by atoms with Crippen molar-refractivity contribution in [2.45, 2.75) is 19.3 Å². The first-order valence-corrected chi connectivity index (χ1v) is 5.61. The summed E-state index contributed by atoms with van der Waals surface area (Å²) in [6, 6.07) is 7.01. The fourth-order valence-corrected chi connectivity index (χ4v) is 1.54. The highest BCUT2D eigenvalue weighted by atomic mass is 16.3. The molecule has 2 rings (SSSR count). The Labute approximate surface area is 100 Å². The van der Waals surface area contributed by atoms with E-state index >= 15 is 0 Å². The number of rotatable bonds is 4. The molecule has 90 valence electrons. The summed E-state index contributed by atoms with van der Waals surface area (Å²) in [5.74, 6) is 1.15. The average molecular weight is 232 g/mol. The number of phenols is 1. The van der Waals surface area contributed by atoms with Gasteiger partial charge >= 0.3 is 0 Å². The zero-order valence-electron chi connectivity index (χ0n) is 9.76. The molecular formula is C13H16N2O2. The fraction of sp³-hybridized carbons (Fsp3) is 0.308. The van der Waals surface area contributed by atoms with Crippen LogP contribution in [0.15, 0.2) is 34.9 Å². The van der Waals surface area contributed by atoms with Gasteiger partial charge in [-0.2, -0.15) is 0 Å². The van der Waals surface area contributed by atoms with E-state index in [0.29, 0.717) is 18.9 Å². The standard InChI is InChI=1S/C13H16N2O2/c1-9(7-14)12-8-17-13(15-12)6-10-2-4-11(16)5-3-10/h2-5,8-9,16H,6-7,14H2,1H3. The van der Waals surface area contributed by atoms with E-state index in [9.17, 15) is 5.11 Å². The van der Waals surface area contributed by atoms with Gasteiger partial charge in [-0.3, -0.25) is 0 Å². The molecule has 0 saturated heterocycles. The Kier molecular flexibility index (Phi) is 3.44. The summed E-state index contributed by atoms with van der Waals surface area (Å²) in [6.07, 6.45) is 2.28. The van der Waals surface area contributed by atoms with Gasteiger partial charge in [-0.1, -0.05) is 19.1 Å². The van der Waals surface area contributed by atoms with Crippen molar-refractivity contribution < 1.29 is 9.52 Å². The van der Waals surface area contributed by atoms with Crippen molar-refractivity contribution in [3.8, 4) is 5.75 Å². The molecule has 1 atom stereocenters. The van der Waals surface area contributed by atoms with Crippen LogP contribution < -0.4 is 5.73 Å². The highest BCUT2D eigenvalue weighted by Gasteiger charge is 2.10. The maximum Gasteiger partial charge on any atom is 0.198 e. The van der Waals surface area contributed by atoms with Crippen LogP contribution in [0.2, 0.25) is 0 Å². The zero-order valence-corrected chi connectivity index (χ0v) is 9.76. The second-order valence-corrected chi connectivity index (χ2v) is 4.15. The first-order chi connectivity index (χ1) is 8.19. The number of nitrogens with two attached hydrogens (primary N) is 1. The molecule has 2 aromatic rings. The average Bonchev–Trinajstić information content (AvgIpc) is 2.80. The summed E-state index contributed by atoms with van der Waals surface area (Å²) < 4.78 is 5.39. The number of hydrogen-bond donors (Lipinski definition) is 2. The third kappa shape index (κ3) is 2.85. The van der Waals surface area contributed by atoms with Gasteiger partial charge < -0.3 is 15.3 Å². The summed E-state index contributed by atoms with van der Waals surface area (Å²) in [5, 5.41) is 9.18. The topological polar surface area (TPSA) is 72.3 Å². The number of hydrogen-bond acceptors (Lipinski definition) is 4. The van der Waals surface area contributed by atoms with E-state index in [0.717, 1.165) is 11.3 Å². The van der Waals surface area contributed by atoms with Gasteiger partial charge in [-0.05, 0) is 17.7 Å². The van der Waals surface area contributed by atoms with Crippen LogP contribution in [-0.2, 0) is 6.42 Å². The number of phenolic OH excluding ortho intramolecular Hbond substituents is 1. The van der Waals surface area contributed by atoms with Crippen LogP contribution in [0.3, 0.4) is 0 Å². The van der Waals surface area contributed by atoms with Gasteiger partial charge in [-0.15, -0.1) is 0 Å². The lowest BCUT2D eigenvalue weighted by Gasteiger charge is -2.01. The summed E-state index contributed by atoms with van der Waals surface area (Å²) in [6.45, 7) is 2.58. The first kappa shape index (κ1) is 11.7. The van der Waals surface area contributed by atoms with E-state index in [2.05, 4.69) is 4.98 Å². The molecule has 1 heterocycles. The normalized spacial score (nSPS) is 12.6. The smallest absolute Gasteiger partial charge is 0.198 e. The lowest BCUT2D eigenvalue weighted by atomic mass is 10.1. The van der Waals surface area contributed by atoms with E-state index in [-0.39, 0.29) is 11.7 Å². The Hall–Kier alpha value is -1.81. The van der Waals surface area contributed by atoms with E-state index in [4.69, 9.17) is 10.2 Å². The second kappa shape index (κ2) is 5.01. The van der Waals surface area contributed by atoms with Crippen molar-refractivity contribution in [1.82, 2.24) is 4.98 Å². The van der Waals surface area contributed by atoms with Gasteiger partial charge in [0, 0.05) is 18.9 Å². The molecule has 1 aromatic heterocycles. The lowest BCUT2D eigenvalue weighted by Crippen LogP contribution is -2.09. The third-order valence-electron chi connectivity index (χ3n) is 2.72. The number of nitrogens with zero attached hydrogens (tertiary/aromatic N) is 1.